The molecular weight excluding hydrogens is 355 g/mol. The van der Waals surface area contributed by atoms with E-state index in [9.17, 15) is 8.42 Å². The minimum absolute atomic E-state index is 0.0373. The Morgan fingerprint density at radius 2 is 1.76 bits per heavy atom. The molecule has 2 aromatic carbocycles. The summed E-state index contributed by atoms with van der Waals surface area (Å²) in [4.78, 5) is -0.229. The van der Waals surface area contributed by atoms with Crippen molar-refractivity contribution in [2.75, 3.05) is 10.5 Å². The van der Waals surface area contributed by atoms with Gasteiger partial charge in [0.15, 0.2) is 0 Å². The van der Waals surface area contributed by atoms with Crippen molar-refractivity contribution in [1.82, 2.24) is 0 Å². The number of rotatable bonds is 3. The van der Waals surface area contributed by atoms with Crippen LogP contribution in [0.15, 0.2) is 35.2 Å². The van der Waals surface area contributed by atoms with E-state index in [4.69, 9.17) is 40.5 Å². The van der Waals surface area contributed by atoms with Gasteiger partial charge in [0.05, 0.1) is 21.4 Å². The van der Waals surface area contributed by atoms with Gasteiger partial charge in [0.25, 0.3) is 10.0 Å². The minimum Gasteiger partial charge on any atom is -0.398 e. The van der Waals surface area contributed by atoms with Gasteiger partial charge >= 0.3 is 0 Å². The van der Waals surface area contributed by atoms with E-state index in [0.29, 0.717) is 5.56 Å². The van der Waals surface area contributed by atoms with E-state index in [1.54, 1.807) is 25.1 Å². The predicted molar refractivity (Wildman–Crippen MR) is 87.9 cm³/mol. The number of hydrogen-bond donors (Lipinski definition) is 2. The van der Waals surface area contributed by atoms with E-state index >= 15 is 0 Å². The van der Waals surface area contributed by atoms with Crippen LogP contribution in [-0.2, 0) is 10.0 Å². The molecule has 21 heavy (non-hydrogen) atoms. The maximum atomic E-state index is 12.5. The maximum absolute atomic E-state index is 12.5. The number of nitrogens with one attached hydrogen (secondary N) is 1. The Bertz CT molecular complexity index is 764. The average molecular weight is 366 g/mol. The first-order valence-corrected chi connectivity index (χ1v) is 8.36. The molecule has 0 unspecified atom stereocenters. The Kier molecular flexibility index (Phi) is 4.58. The highest BCUT2D eigenvalue weighted by Gasteiger charge is 2.23. The topological polar surface area (TPSA) is 72.2 Å². The van der Waals surface area contributed by atoms with Crippen molar-refractivity contribution in [2.24, 2.45) is 0 Å². The highest BCUT2D eigenvalue weighted by Crippen LogP contribution is 2.34. The van der Waals surface area contributed by atoms with Crippen LogP contribution in [0, 0.1) is 6.92 Å². The SMILES string of the molecule is Cc1cccc(Cl)c1NS(=O)(=O)c1c(N)cc(Cl)cc1Cl. The van der Waals surface area contributed by atoms with E-state index in [0.717, 1.165) is 0 Å². The molecule has 8 heteroatoms. The van der Waals surface area contributed by atoms with Gasteiger partial charge in [-0.25, -0.2) is 8.42 Å². The Balaban J connectivity index is 2.54. The third-order valence-corrected chi connectivity index (χ3v) is 5.17. The first kappa shape index (κ1) is 16.2. The molecule has 0 amide bonds. The summed E-state index contributed by atoms with van der Waals surface area (Å²) in [6.07, 6.45) is 0. The lowest BCUT2D eigenvalue weighted by molar-refractivity contribution is 0.601. The van der Waals surface area contributed by atoms with Crippen molar-refractivity contribution in [3.8, 4) is 0 Å². The molecule has 0 aromatic heterocycles. The van der Waals surface area contributed by atoms with Crippen molar-refractivity contribution in [3.05, 3.63) is 51.0 Å². The Morgan fingerprint density at radius 1 is 1.10 bits per heavy atom. The highest BCUT2D eigenvalue weighted by atomic mass is 35.5. The van der Waals surface area contributed by atoms with Crippen LogP contribution in [0.2, 0.25) is 15.1 Å². The van der Waals surface area contributed by atoms with Crippen LogP contribution in [-0.4, -0.2) is 8.42 Å². The average Bonchev–Trinajstić information content (AvgIpc) is 2.32. The Hall–Kier alpha value is -1.14. The summed E-state index contributed by atoms with van der Waals surface area (Å²) >= 11 is 17.7. The van der Waals surface area contributed by atoms with E-state index in [1.807, 2.05) is 0 Å². The molecule has 0 bridgehead atoms. The van der Waals surface area contributed by atoms with Gasteiger partial charge in [-0.2, -0.15) is 0 Å². The number of benzene rings is 2. The van der Waals surface area contributed by atoms with E-state index in [1.165, 1.54) is 12.1 Å². The van der Waals surface area contributed by atoms with Crippen LogP contribution in [0.25, 0.3) is 0 Å². The van der Waals surface area contributed by atoms with Crippen LogP contribution in [0.3, 0.4) is 0 Å². The second-order valence-electron chi connectivity index (χ2n) is 4.34. The molecule has 0 radical (unpaired) electrons. The lowest BCUT2D eigenvalue weighted by atomic mass is 10.2. The molecular formula is C13H11Cl3N2O2S. The third kappa shape index (κ3) is 3.37. The number of para-hydroxylation sites is 1. The standard InChI is InChI=1S/C13H11Cl3N2O2S/c1-7-3-2-4-9(15)12(7)18-21(19,20)13-10(16)5-8(14)6-11(13)17/h2-6,18H,17H2,1H3. The van der Waals surface area contributed by atoms with Gasteiger partial charge in [0, 0.05) is 5.02 Å². The predicted octanol–water partition coefficient (Wildman–Crippen LogP) is 4.34. The number of halogens is 3. The molecule has 112 valence electrons. The first-order chi connectivity index (χ1) is 9.72. The molecule has 0 heterocycles. The maximum Gasteiger partial charge on any atom is 0.265 e. The lowest BCUT2D eigenvalue weighted by Gasteiger charge is -2.14. The molecule has 2 rings (SSSR count). The van der Waals surface area contributed by atoms with Gasteiger partial charge in [0.2, 0.25) is 0 Å². The number of nitrogen functional groups attached to an aromatic ring is 1. The largest absolute Gasteiger partial charge is 0.398 e. The molecule has 2 aromatic rings. The summed E-state index contributed by atoms with van der Waals surface area (Å²) in [5, 5.41) is 0.477. The number of anilines is 2. The highest BCUT2D eigenvalue weighted by molar-refractivity contribution is 7.93. The molecule has 0 spiro atoms. The van der Waals surface area contributed by atoms with Crippen molar-refractivity contribution in [3.63, 3.8) is 0 Å². The third-order valence-electron chi connectivity index (χ3n) is 2.76. The van der Waals surface area contributed by atoms with Gasteiger partial charge in [-0.15, -0.1) is 0 Å². The van der Waals surface area contributed by atoms with E-state index in [-0.39, 0.29) is 31.3 Å². The second kappa shape index (κ2) is 5.93. The molecule has 0 atom stereocenters. The summed E-state index contributed by atoms with van der Waals surface area (Å²) in [7, 11) is -3.99. The van der Waals surface area contributed by atoms with Crippen molar-refractivity contribution in [1.29, 1.82) is 0 Å². The molecule has 0 aliphatic rings. The zero-order chi connectivity index (χ0) is 15.8. The van der Waals surface area contributed by atoms with Gasteiger partial charge in [-0.3, -0.25) is 4.72 Å². The molecule has 3 N–H and O–H groups in total. The van der Waals surface area contributed by atoms with Crippen LogP contribution in [0.1, 0.15) is 5.56 Å². The number of aryl methyl sites for hydroxylation is 1. The van der Waals surface area contributed by atoms with Crippen molar-refractivity contribution >= 4 is 56.2 Å². The van der Waals surface area contributed by atoms with Gasteiger partial charge in [-0.05, 0) is 30.7 Å². The molecule has 0 saturated carbocycles. The summed E-state index contributed by atoms with van der Waals surface area (Å²) in [5.41, 5.74) is 6.64. The molecule has 0 aliphatic carbocycles. The lowest BCUT2D eigenvalue weighted by Crippen LogP contribution is -2.16. The first-order valence-electron chi connectivity index (χ1n) is 5.75. The quantitative estimate of drug-likeness (QED) is 0.795. The Morgan fingerprint density at radius 3 is 2.33 bits per heavy atom. The van der Waals surface area contributed by atoms with Gasteiger partial charge in [-0.1, -0.05) is 46.9 Å². The summed E-state index contributed by atoms with van der Waals surface area (Å²) in [5.74, 6) is 0. The second-order valence-corrected chi connectivity index (χ2v) is 7.21. The van der Waals surface area contributed by atoms with Crippen LogP contribution in [0.4, 0.5) is 11.4 Å². The summed E-state index contributed by atoms with van der Waals surface area (Å²) in [6.45, 7) is 1.73. The zero-order valence-electron chi connectivity index (χ0n) is 10.8. The fraction of sp³-hybridized carbons (Fsp3) is 0.0769. The Labute approximate surface area is 137 Å². The molecule has 0 aliphatic heterocycles. The molecule has 0 fully saturated rings. The van der Waals surface area contributed by atoms with Gasteiger partial charge in [0.1, 0.15) is 4.90 Å². The van der Waals surface area contributed by atoms with Crippen LogP contribution < -0.4 is 10.5 Å². The number of nitrogens with two attached hydrogens (primary N) is 1. The fourth-order valence-corrected chi connectivity index (χ4v) is 4.28. The van der Waals surface area contributed by atoms with Crippen molar-refractivity contribution in [2.45, 2.75) is 11.8 Å². The van der Waals surface area contributed by atoms with E-state index in [2.05, 4.69) is 4.72 Å². The monoisotopic (exact) mass is 364 g/mol. The van der Waals surface area contributed by atoms with Crippen LogP contribution in [0.5, 0.6) is 0 Å². The summed E-state index contributed by atoms with van der Waals surface area (Å²) < 4.78 is 27.4. The molecule has 0 saturated heterocycles. The van der Waals surface area contributed by atoms with Crippen molar-refractivity contribution < 1.29 is 8.42 Å². The van der Waals surface area contributed by atoms with Gasteiger partial charge < -0.3 is 5.73 Å². The minimum atomic E-state index is -3.99. The number of sulfonamides is 1. The van der Waals surface area contributed by atoms with E-state index < -0.39 is 10.0 Å². The molecule has 4 nitrogen and oxygen atoms in total. The van der Waals surface area contributed by atoms with Crippen LogP contribution >= 0.6 is 34.8 Å². The zero-order valence-corrected chi connectivity index (χ0v) is 13.9. The number of hydrogen-bond acceptors (Lipinski definition) is 3. The fourth-order valence-electron chi connectivity index (χ4n) is 1.81. The smallest absolute Gasteiger partial charge is 0.265 e. The summed E-state index contributed by atoms with van der Waals surface area (Å²) in [6, 6.07) is 7.67. The normalized spacial score (nSPS) is 11.4.